The molecule has 3 fully saturated rings. The summed E-state index contributed by atoms with van der Waals surface area (Å²) < 4.78 is 0. The van der Waals surface area contributed by atoms with Gasteiger partial charge in [-0.05, 0) is 32.0 Å². The van der Waals surface area contributed by atoms with Gasteiger partial charge in [-0.2, -0.15) is 5.53 Å². The van der Waals surface area contributed by atoms with Gasteiger partial charge in [-0.3, -0.25) is 9.80 Å². The summed E-state index contributed by atoms with van der Waals surface area (Å²) in [5, 5.41) is 2.00. The molecule has 0 radical (unpaired) electrons. The maximum Gasteiger partial charge on any atom is 0.256 e. The van der Waals surface area contributed by atoms with Crippen molar-refractivity contribution < 1.29 is 4.79 Å². The third kappa shape index (κ3) is 3.42. The second kappa shape index (κ2) is 7.27. The lowest BCUT2D eigenvalue weighted by Crippen LogP contribution is -2.38. The van der Waals surface area contributed by atoms with E-state index in [-0.39, 0.29) is 5.91 Å². The molecule has 3 aliphatic heterocycles. The molecule has 0 bridgehead atoms. The summed E-state index contributed by atoms with van der Waals surface area (Å²) in [6, 6.07) is 9.86. The van der Waals surface area contributed by atoms with Gasteiger partial charge in [-0.1, -0.05) is 12.1 Å². The number of nitrogens with one attached hydrogen (secondary N) is 2. The number of benzene rings is 1. The molecule has 0 saturated carbocycles. The first-order valence-corrected chi connectivity index (χ1v) is 10.3. The first kappa shape index (κ1) is 18.3. The molecule has 0 aliphatic carbocycles. The molecule has 0 spiro atoms. The van der Waals surface area contributed by atoms with Crippen LogP contribution in [0.2, 0.25) is 0 Å². The number of anilines is 2. The van der Waals surface area contributed by atoms with E-state index in [0.717, 1.165) is 67.9 Å². The van der Waals surface area contributed by atoms with Crippen molar-refractivity contribution in [1.82, 2.24) is 25.8 Å². The van der Waals surface area contributed by atoms with Gasteiger partial charge in [0.15, 0.2) is 0 Å². The first-order chi connectivity index (χ1) is 14.1. The van der Waals surface area contributed by atoms with Crippen LogP contribution in [-0.2, 0) is 0 Å². The van der Waals surface area contributed by atoms with Gasteiger partial charge in [0.2, 0.25) is 5.95 Å². The van der Waals surface area contributed by atoms with Crippen LogP contribution in [-0.4, -0.2) is 60.0 Å². The molecule has 4 heterocycles. The maximum absolute atomic E-state index is 13.3. The third-order valence-electron chi connectivity index (χ3n) is 6.13. The second-order valence-corrected chi connectivity index (χ2v) is 8.29. The van der Waals surface area contributed by atoms with Crippen molar-refractivity contribution in [2.24, 2.45) is 11.8 Å². The molecule has 3 saturated heterocycles. The fourth-order valence-electron chi connectivity index (χ4n) is 4.79. The summed E-state index contributed by atoms with van der Waals surface area (Å²) in [5.74, 6) is 1.90. The summed E-state index contributed by atoms with van der Waals surface area (Å²) in [6.07, 6.45) is 0. The number of rotatable bonds is 3. The van der Waals surface area contributed by atoms with E-state index >= 15 is 0 Å². The Bertz CT molecular complexity index is 893. The monoisotopic (exact) mass is 393 g/mol. The van der Waals surface area contributed by atoms with Crippen LogP contribution in [0.4, 0.5) is 11.6 Å². The molecular weight excluding hydrogens is 366 g/mol. The molecule has 2 aromatic rings. The molecule has 1 aromatic carbocycles. The Morgan fingerprint density at radius 1 is 1.03 bits per heavy atom. The Morgan fingerprint density at radius 2 is 1.72 bits per heavy atom. The van der Waals surface area contributed by atoms with Gasteiger partial charge in [0.25, 0.3) is 5.91 Å². The van der Waals surface area contributed by atoms with Crippen molar-refractivity contribution in [3.63, 3.8) is 0 Å². The van der Waals surface area contributed by atoms with E-state index in [1.807, 2.05) is 54.1 Å². The fourth-order valence-corrected chi connectivity index (χ4v) is 4.79. The number of hydrogen-bond donors (Lipinski definition) is 2. The Balaban J connectivity index is 1.29. The number of carbonyl (C=O) groups is 1. The average Bonchev–Trinajstić information content (AvgIpc) is 3.43. The number of fused-ring (bicyclic) bond motifs is 1. The lowest BCUT2D eigenvalue weighted by atomic mass is 10.0. The Morgan fingerprint density at radius 3 is 2.38 bits per heavy atom. The standard InChI is InChI=1S/C21H27N7O/c1-14-9-15(2)24-21(23-14)27-12-16-10-26(11-17(16)13-27)20(29)18-5-3-4-6-19(18)28-8-7-22-25-28/h3-6,9,16-17,22,25H,7-8,10-13H2,1-2H3. The predicted molar refractivity (Wildman–Crippen MR) is 112 cm³/mol. The zero-order valence-electron chi connectivity index (χ0n) is 16.9. The van der Waals surface area contributed by atoms with Gasteiger partial charge in [0, 0.05) is 62.5 Å². The van der Waals surface area contributed by atoms with Crippen molar-refractivity contribution in [3.8, 4) is 0 Å². The molecular formula is C21H27N7O. The van der Waals surface area contributed by atoms with E-state index in [9.17, 15) is 4.79 Å². The molecule has 29 heavy (non-hydrogen) atoms. The van der Waals surface area contributed by atoms with Crippen molar-refractivity contribution in [3.05, 3.63) is 47.3 Å². The van der Waals surface area contributed by atoms with Crippen molar-refractivity contribution in [2.45, 2.75) is 13.8 Å². The summed E-state index contributed by atoms with van der Waals surface area (Å²) in [5.41, 5.74) is 9.93. The molecule has 5 rings (SSSR count). The molecule has 8 nitrogen and oxygen atoms in total. The molecule has 1 amide bonds. The van der Waals surface area contributed by atoms with Crippen LogP contribution >= 0.6 is 0 Å². The van der Waals surface area contributed by atoms with Crippen LogP contribution in [0, 0.1) is 25.7 Å². The zero-order valence-corrected chi connectivity index (χ0v) is 16.9. The van der Waals surface area contributed by atoms with Crippen LogP contribution in [0.1, 0.15) is 21.7 Å². The highest BCUT2D eigenvalue weighted by molar-refractivity contribution is 6.00. The SMILES string of the molecule is Cc1cc(C)nc(N2CC3CN(C(=O)c4ccccc4N4CCNN4)CC3C2)n1. The van der Waals surface area contributed by atoms with Crippen molar-refractivity contribution >= 4 is 17.5 Å². The van der Waals surface area contributed by atoms with E-state index in [4.69, 9.17) is 0 Å². The molecule has 8 heteroatoms. The minimum atomic E-state index is 0.123. The highest BCUT2D eigenvalue weighted by atomic mass is 16.2. The molecule has 2 unspecified atom stereocenters. The van der Waals surface area contributed by atoms with E-state index in [1.54, 1.807) is 0 Å². The Hall–Kier alpha value is -2.71. The highest BCUT2D eigenvalue weighted by Gasteiger charge is 2.43. The van der Waals surface area contributed by atoms with Gasteiger partial charge in [0.1, 0.15) is 0 Å². The smallest absolute Gasteiger partial charge is 0.256 e. The minimum absolute atomic E-state index is 0.123. The normalized spacial score (nSPS) is 23.7. The summed E-state index contributed by atoms with van der Waals surface area (Å²) >= 11 is 0. The van der Waals surface area contributed by atoms with Gasteiger partial charge >= 0.3 is 0 Å². The number of nitrogens with zero attached hydrogens (tertiary/aromatic N) is 5. The second-order valence-electron chi connectivity index (χ2n) is 8.29. The zero-order chi connectivity index (χ0) is 20.0. The number of carbonyl (C=O) groups excluding carboxylic acids is 1. The number of hydrogen-bond acceptors (Lipinski definition) is 7. The van der Waals surface area contributed by atoms with E-state index in [2.05, 4.69) is 25.8 Å². The van der Waals surface area contributed by atoms with E-state index < -0.39 is 0 Å². The summed E-state index contributed by atoms with van der Waals surface area (Å²) in [4.78, 5) is 26.9. The van der Waals surface area contributed by atoms with Gasteiger partial charge in [0.05, 0.1) is 11.3 Å². The highest BCUT2D eigenvalue weighted by Crippen LogP contribution is 2.34. The number of aryl methyl sites for hydroxylation is 2. The lowest BCUT2D eigenvalue weighted by Gasteiger charge is -2.25. The maximum atomic E-state index is 13.3. The van der Waals surface area contributed by atoms with Crippen molar-refractivity contribution in [2.75, 3.05) is 49.2 Å². The van der Waals surface area contributed by atoms with Crippen LogP contribution in [0.15, 0.2) is 30.3 Å². The number of aromatic nitrogens is 2. The molecule has 2 atom stereocenters. The topological polar surface area (TPSA) is 76.6 Å². The summed E-state index contributed by atoms with van der Waals surface area (Å²) in [6.45, 7) is 9.13. The minimum Gasteiger partial charge on any atom is -0.340 e. The summed E-state index contributed by atoms with van der Waals surface area (Å²) in [7, 11) is 0. The predicted octanol–water partition coefficient (Wildman–Crippen LogP) is 1.13. The molecule has 2 N–H and O–H groups in total. The van der Waals surface area contributed by atoms with Gasteiger partial charge < -0.3 is 9.80 Å². The van der Waals surface area contributed by atoms with Gasteiger partial charge in [-0.25, -0.2) is 15.4 Å². The van der Waals surface area contributed by atoms with Crippen LogP contribution < -0.4 is 20.9 Å². The Labute approximate surface area is 170 Å². The number of hydrazine groups is 2. The third-order valence-corrected chi connectivity index (χ3v) is 6.13. The Kier molecular flexibility index (Phi) is 4.60. The first-order valence-electron chi connectivity index (χ1n) is 10.3. The molecule has 152 valence electrons. The van der Waals surface area contributed by atoms with Crippen LogP contribution in [0.3, 0.4) is 0 Å². The van der Waals surface area contributed by atoms with E-state index in [1.165, 1.54) is 0 Å². The molecule has 3 aliphatic rings. The van der Waals surface area contributed by atoms with Crippen molar-refractivity contribution in [1.29, 1.82) is 0 Å². The molecule has 1 aromatic heterocycles. The largest absolute Gasteiger partial charge is 0.340 e. The van der Waals surface area contributed by atoms with E-state index in [0.29, 0.717) is 11.8 Å². The number of likely N-dealkylation sites (tertiary alicyclic amines) is 1. The quantitative estimate of drug-likeness (QED) is 0.810. The number of para-hydroxylation sites is 1. The van der Waals surface area contributed by atoms with Crippen LogP contribution in [0.5, 0.6) is 0 Å². The van der Waals surface area contributed by atoms with Crippen LogP contribution in [0.25, 0.3) is 0 Å². The average molecular weight is 393 g/mol. The lowest BCUT2D eigenvalue weighted by molar-refractivity contribution is 0.0783. The fraction of sp³-hybridized carbons (Fsp3) is 0.476. The van der Waals surface area contributed by atoms with Gasteiger partial charge in [-0.15, -0.1) is 0 Å². The number of amides is 1.